The molecule has 0 amide bonds. The molecule has 0 spiro atoms. The van der Waals surface area contributed by atoms with E-state index in [1.807, 2.05) is 49.4 Å². The summed E-state index contributed by atoms with van der Waals surface area (Å²) in [5, 5.41) is 16.6. The fourth-order valence-electron chi connectivity index (χ4n) is 2.68. The summed E-state index contributed by atoms with van der Waals surface area (Å²) in [7, 11) is 0. The zero-order chi connectivity index (χ0) is 19.5. The zero-order valence-corrected chi connectivity index (χ0v) is 15.7. The van der Waals surface area contributed by atoms with Crippen molar-refractivity contribution in [2.75, 3.05) is 5.43 Å². The molecule has 0 aliphatic rings. The predicted octanol–water partition coefficient (Wildman–Crippen LogP) is 4.56. The van der Waals surface area contributed by atoms with Crippen LogP contribution in [-0.4, -0.2) is 10.7 Å². The van der Waals surface area contributed by atoms with Crippen molar-refractivity contribution in [3.05, 3.63) is 81.0 Å². The Morgan fingerprint density at radius 1 is 1.21 bits per heavy atom. The molecule has 2 aromatic heterocycles. The molecule has 2 aromatic carbocycles. The van der Waals surface area contributed by atoms with Crippen molar-refractivity contribution in [1.82, 2.24) is 4.98 Å². The smallest absolute Gasteiger partial charge is 0.345 e. The molecule has 28 heavy (non-hydrogen) atoms. The van der Waals surface area contributed by atoms with Crippen LogP contribution < -0.4 is 11.1 Å². The number of nitriles is 1. The van der Waals surface area contributed by atoms with E-state index < -0.39 is 5.63 Å². The van der Waals surface area contributed by atoms with Crippen LogP contribution in [0.3, 0.4) is 0 Å². The van der Waals surface area contributed by atoms with E-state index in [9.17, 15) is 10.1 Å². The lowest BCUT2D eigenvalue weighted by atomic mass is 10.1. The summed E-state index contributed by atoms with van der Waals surface area (Å²) in [5.41, 5.74) is 5.72. The molecule has 1 N–H and O–H groups in total. The molecule has 7 heteroatoms. The van der Waals surface area contributed by atoms with Crippen molar-refractivity contribution in [3.63, 3.8) is 0 Å². The molecule has 0 atom stereocenters. The number of fused-ring (bicyclic) bond motifs is 1. The molecule has 0 aliphatic heterocycles. The van der Waals surface area contributed by atoms with Gasteiger partial charge in [-0.2, -0.15) is 10.4 Å². The molecule has 136 valence electrons. The molecule has 0 fully saturated rings. The number of benzene rings is 2. The number of hydrazone groups is 1. The van der Waals surface area contributed by atoms with Crippen LogP contribution in [0.1, 0.15) is 10.6 Å². The molecular formula is C21H14N4O2S. The van der Waals surface area contributed by atoms with Gasteiger partial charge in [-0.3, -0.25) is 5.43 Å². The van der Waals surface area contributed by atoms with E-state index in [0.29, 0.717) is 21.8 Å². The van der Waals surface area contributed by atoms with Crippen molar-refractivity contribution >= 4 is 33.7 Å². The van der Waals surface area contributed by atoms with Crippen LogP contribution in [0.2, 0.25) is 0 Å². The first-order valence-corrected chi connectivity index (χ1v) is 9.32. The normalized spacial score (nSPS) is 11.4. The number of nitrogens with zero attached hydrogens (tertiary/aromatic N) is 3. The summed E-state index contributed by atoms with van der Waals surface area (Å²) in [6.07, 6.45) is 0. The molecule has 6 nitrogen and oxygen atoms in total. The molecule has 4 rings (SSSR count). The van der Waals surface area contributed by atoms with Gasteiger partial charge in [0.05, 0.1) is 16.9 Å². The van der Waals surface area contributed by atoms with Gasteiger partial charge in [0.1, 0.15) is 11.7 Å². The van der Waals surface area contributed by atoms with Gasteiger partial charge in [-0.15, -0.1) is 11.3 Å². The van der Waals surface area contributed by atoms with Crippen molar-refractivity contribution in [1.29, 1.82) is 5.26 Å². The van der Waals surface area contributed by atoms with Gasteiger partial charge >= 0.3 is 5.63 Å². The van der Waals surface area contributed by atoms with E-state index in [4.69, 9.17) is 4.42 Å². The van der Waals surface area contributed by atoms with Gasteiger partial charge in [0.25, 0.3) is 0 Å². The van der Waals surface area contributed by atoms with Crippen LogP contribution in [0.15, 0.2) is 74.3 Å². The summed E-state index contributed by atoms with van der Waals surface area (Å²) >= 11 is 1.25. The molecule has 0 aliphatic carbocycles. The lowest BCUT2D eigenvalue weighted by Gasteiger charge is -2.03. The molecule has 4 aromatic rings. The Hall–Kier alpha value is -3.76. The topological polar surface area (TPSA) is 91.3 Å². The summed E-state index contributed by atoms with van der Waals surface area (Å²) in [4.78, 5) is 16.7. The van der Waals surface area contributed by atoms with E-state index in [1.165, 1.54) is 11.3 Å². The number of anilines is 1. The standard InChI is InChI=1S/C21H14N4O2S/c1-13-6-2-4-8-16(13)24-25-17(11-22)20-23-18(12-28-20)15-10-14-7-3-5-9-19(14)27-21(15)26/h2-10,12,24H,1H3. The Labute approximate surface area is 164 Å². The Morgan fingerprint density at radius 3 is 2.82 bits per heavy atom. The van der Waals surface area contributed by atoms with Gasteiger partial charge in [0.15, 0.2) is 10.7 Å². The number of hydrogen-bond donors (Lipinski definition) is 1. The first kappa shape index (κ1) is 17.6. The predicted molar refractivity (Wildman–Crippen MR) is 111 cm³/mol. The van der Waals surface area contributed by atoms with Gasteiger partial charge in [-0.25, -0.2) is 9.78 Å². The molecule has 0 saturated carbocycles. The van der Waals surface area contributed by atoms with E-state index in [0.717, 1.165) is 16.6 Å². The van der Waals surface area contributed by atoms with Crippen molar-refractivity contribution in [3.8, 4) is 17.3 Å². The number of thiazole rings is 1. The third-order valence-corrected chi connectivity index (χ3v) is 5.01. The first-order valence-electron chi connectivity index (χ1n) is 8.44. The molecular weight excluding hydrogens is 372 g/mol. The van der Waals surface area contributed by atoms with E-state index >= 15 is 0 Å². The number of aromatic nitrogens is 1. The highest BCUT2D eigenvalue weighted by Gasteiger charge is 2.14. The van der Waals surface area contributed by atoms with E-state index in [2.05, 4.69) is 21.6 Å². The lowest BCUT2D eigenvalue weighted by molar-refractivity contribution is 0.563. The lowest BCUT2D eigenvalue weighted by Crippen LogP contribution is -2.05. The Kier molecular flexibility index (Phi) is 4.70. The van der Waals surface area contributed by atoms with Crippen LogP contribution in [-0.2, 0) is 0 Å². The maximum atomic E-state index is 12.3. The molecule has 0 bridgehead atoms. The van der Waals surface area contributed by atoms with Crippen molar-refractivity contribution in [2.24, 2.45) is 5.10 Å². The van der Waals surface area contributed by atoms with Crippen molar-refractivity contribution < 1.29 is 4.42 Å². The Bertz CT molecular complexity index is 1300. The second kappa shape index (κ2) is 7.47. The van der Waals surface area contributed by atoms with Crippen LogP contribution in [0, 0.1) is 18.3 Å². The minimum Gasteiger partial charge on any atom is -0.422 e. The first-order chi connectivity index (χ1) is 13.7. The number of para-hydroxylation sites is 2. The summed E-state index contributed by atoms with van der Waals surface area (Å²) in [6.45, 7) is 1.95. The quantitative estimate of drug-likeness (QED) is 0.315. The zero-order valence-electron chi connectivity index (χ0n) is 14.8. The number of rotatable bonds is 4. The van der Waals surface area contributed by atoms with Gasteiger partial charge in [0, 0.05) is 10.8 Å². The Morgan fingerprint density at radius 2 is 2.00 bits per heavy atom. The van der Waals surface area contributed by atoms with E-state index in [1.54, 1.807) is 17.5 Å². The van der Waals surface area contributed by atoms with Crippen LogP contribution in [0.4, 0.5) is 5.69 Å². The third-order valence-electron chi connectivity index (χ3n) is 4.16. The fraction of sp³-hybridized carbons (Fsp3) is 0.0476. The minimum atomic E-state index is -0.468. The third kappa shape index (κ3) is 3.41. The van der Waals surface area contributed by atoms with Crippen LogP contribution >= 0.6 is 11.3 Å². The molecule has 0 unspecified atom stereocenters. The van der Waals surface area contributed by atoms with Gasteiger partial charge < -0.3 is 4.42 Å². The Balaban J connectivity index is 1.68. The highest BCUT2D eigenvalue weighted by atomic mass is 32.1. The maximum absolute atomic E-state index is 12.3. The average Bonchev–Trinajstić information content (AvgIpc) is 3.19. The average molecular weight is 386 g/mol. The fourth-order valence-corrected chi connectivity index (χ4v) is 3.44. The minimum absolute atomic E-state index is 0.143. The largest absolute Gasteiger partial charge is 0.422 e. The maximum Gasteiger partial charge on any atom is 0.345 e. The SMILES string of the molecule is Cc1ccccc1NN=C(C#N)c1nc(-c2cc3ccccc3oc2=O)cs1. The second-order valence-corrected chi connectivity index (χ2v) is 6.88. The second-order valence-electron chi connectivity index (χ2n) is 6.02. The highest BCUT2D eigenvalue weighted by Crippen LogP contribution is 2.23. The monoisotopic (exact) mass is 386 g/mol. The van der Waals surface area contributed by atoms with Crippen LogP contribution in [0.25, 0.3) is 22.2 Å². The number of aryl methyl sites for hydroxylation is 1. The highest BCUT2D eigenvalue weighted by molar-refractivity contribution is 7.12. The van der Waals surface area contributed by atoms with Gasteiger partial charge in [-0.05, 0) is 30.7 Å². The van der Waals surface area contributed by atoms with Gasteiger partial charge in [0.2, 0.25) is 0 Å². The molecule has 0 saturated heterocycles. The van der Waals surface area contributed by atoms with E-state index in [-0.39, 0.29) is 5.71 Å². The van der Waals surface area contributed by atoms with Gasteiger partial charge in [-0.1, -0.05) is 36.4 Å². The number of hydrogen-bond acceptors (Lipinski definition) is 7. The molecule has 0 radical (unpaired) electrons. The van der Waals surface area contributed by atoms with Crippen LogP contribution in [0.5, 0.6) is 0 Å². The summed E-state index contributed by atoms with van der Waals surface area (Å²) in [5.74, 6) is 0. The summed E-state index contributed by atoms with van der Waals surface area (Å²) in [6, 6.07) is 18.7. The summed E-state index contributed by atoms with van der Waals surface area (Å²) < 4.78 is 5.36. The molecule has 2 heterocycles. The number of nitrogens with one attached hydrogen (secondary N) is 1. The van der Waals surface area contributed by atoms with Crippen molar-refractivity contribution in [2.45, 2.75) is 6.92 Å².